The lowest BCUT2D eigenvalue weighted by molar-refractivity contribution is 0.173. The minimum atomic E-state index is 0.252. The summed E-state index contributed by atoms with van der Waals surface area (Å²) in [4.78, 5) is 0. The summed E-state index contributed by atoms with van der Waals surface area (Å²) in [5, 5.41) is 4.02. The zero-order valence-corrected chi connectivity index (χ0v) is 11.7. The fourth-order valence-corrected chi connectivity index (χ4v) is 2.24. The van der Waals surface area contributed by atoms with Crippen LogP contribution in [-0.4, -0.2) is 11.9 Å². The molecule has 0 radical (unpaired) electrons. The summed E-state index contributed by atoms with van der Waals surface area (Å²) in [7, 11) is 0. The number of fused-ring (bicyclic) bond motifs is 1. The van der Waals surface area contributed by atoms with Crippen LogP contribution in [0.5, 0.6) is 17.2 Å². The van der Waals surface area contributed by atoms with Crippen LogP contribution in [0.1, 0.15) is 5.69 Å². The van der Waals surface area contributed by atoms with Crippen molar-refractivity contribution in [3.63, 3.8) is 0 Å². The molecule has 1 aliphatic heterocycles. The molecule has 2 aromatic carbocycles. The molecular formula is C17H13NO4. The maximum Gasteiger partial charge on any atom is 0.231 e. The van der Waals surface area contributed by atoms with E-state index in [1.165, 1.54) is 0 Å². The Kier molecular flexibility index (Phi) is 3.16. The molecule has 0 fully saturated rings. The van der Waals surface area contributed by atoms with Crippen molar-refractivity contribution in [3.8, 4) is 28.6 Å². The van der Waals surface area contributed by atoms with Gasteiger partial charge in [-0.25, -0.2) is 0 Å². The maximum atomic E-state index is 5.71. The van der Waals surface area contributed by atoms with Crippen molar-refractivity contribution in [1.29, 1.82) is 0 Å². The fraction of sp³-hybridized carbons (Fsp3) is 0.118. The number of ether oxygens (including phenoxy) is 3. The zero-order valence-electron chi connectivity index (χ0n) is 11.7. The molecule has 0 atom stereocenters. The van der Waals surface area contributed by atoms with E-state index in [1.807, 2.05) is 48.5 Å². The maximum absolute atomic E-state index is 5.71. The van der Waals surface area contributed by atoms with Gasteiger partial charge in [0.05, 0.1) is 0 Å². The zero-order chi connectivity index (χ0) is 14.8. The minimum Gasteiger partial charge on any atom is -0.487 e. The van der Waals surface area contributed by atoms with Crippen LogP contribution in [0.2, 0.25) is 0 Å². The van der Waals surface area contributed by atoms with Gasteiger partial charge in [-0.05, 0) is 12.1 Å². The van der Waals surface area contributed by atoms with Gasteiger partial charge < -0.3 is 18.7 Å². The summed E-state index contributed by atoms with van der Waals surface area (Å²) in [6.07, 6.45) is 0. The molecule has 0 N–H and O–H groups in total. The predicted molar refractivity (Wildman–Crippen MR) is 78.8 cm³/mol. The Morgan fingerprint density at radius 2 is 1.82 bits per heavy atom. The molecule has 22 heavy (non-hydrogen) atoms. The van der Waals surface area contributed by atoms with Gasteiger partial charge in [0.15, 0.2) is 17.3 Å². The van der Waals surface area contributed by atoms with Crippen LogP contribution in [0.4, 0.5) is 0 Å². The number of rotatable bonds is 4. The standard InChI is InChI=1S/C17H13NO4/c1-2-4-12(5-3-1)16-8-13(18-22-16)10-19-14-6-7-15-17(9-14)21-11-20-15/h1-9H,10-11H2. The van der Waals surface area contributed by atoms with Gasteiger partial charge >= 0.3 is 0 Å². The van der Waals surface area contributed by atoms with E-state index in [0.29, 0.717) is 18.1 Å². The van der Waals surface area contributed by atoms with Crippen LogP contribution in [0, 0.1) is 0 Å². The molecule has 3 aromatic rings. The van der Waals surface area contributed by atoms with Crippen LogP contribution >= 0.6 is 0 Å². The first kappa shape index (κ1) is 12.8. The Hall–Kier alpha value is -2.95. The van der Waals surface area contributed by atoms with Crippen molar-refractivity contribution in [2.45, 2.75) is 6.61 Å². The van der Waals surface area contributed by atoms with E-state index < -0.39 is 0 Å². The van der Waals surface area contributed by atoms with E-state index in [9.17, 15) is 0 Å². The average molecular weight is 295 g/mol. The molecule has 110 valence electrons. The molecule has 0 saturated carbocycles. The monoisotopic (exact) mass is 295 g/mol. The summed E-state index contributed by atoms with van der Waals surface area (Å²) in [6.45, 7) is 0.582. The van der Waals surface area contributed by atoms with E-state index in [1.54, 1.807) is 6.07 Å². The molecule has 1 aliphatic rings. The number of nitrogens with zero attached hydrogens (tertiary/aromatic N) is 1. The highest BCUT2D eigenvalue weighted by Gasteiger charge is 2.14. The molecule has 5 heteroatoms. The van der Waals surface area contributed by atoms with Gasteiger partial charge in [-0.1, -0.05) is 35.5 Å². The average Bonchev–Trinajstić information content (AvgIpc) is 3.22. The van der Waals surface area contributed by atoms with Crippen molar-refractivity contribution in [3.05, 3.63) is 60.3 Å². The van der Waals surface area contributed by atoms with Crippen molar-refractivity contribution < 1.29 is 18.7 Å². The summed E-state index contributed by atoms with van der Waals surface area (Å²) >= 11 is 0. The van der Waals surface area contributed by atoms with Crippen LogP contribution < -0.4 is 14.2 Å². The normalized spacial score (nSPS) is 12.4. The quantitative estimate of drug-likeness (QED) is 0.735. The molecule has 0 aliphatic carbocycles. The van der Waals surface area contributed by atoms with E-state index >= 15 is 0 Å². The third-order valence-corrected chi connectivity index (χ3v) is 3.35. The highest BCUT2D eigenvalue weighted by atomic mass is 16.7. The highest BCUT2D eigenvalue weighted by molar-refractivity contribution is 5.56. The number of benzene rings is 2. The summed E-state index contributed by atoms with van der Waals surface area (Å²) in [6, 6.07) is 17.2. The highest BCUT2D eigenvalue weighted by Crippen LogP contribution is 2.35. The molecule has 0 amide bonds. The first-order chi connectivity index (χ1) is 10.9. The third kappa shape index (κ3) is 2.48. The van der Waals surface area contributed by atoms with Crippen LogP contribution in [0.3, 0.4) is 0 Å². The van der Waals surface area contributed by atoms with Gasteiger partial charge in [-0.2, -0.15) is 0 Å². The molecule has 5 nitrogen and oxygen atoms in total. The Morgan fingerprint density at radius 3 is 2.73 bits per heavy atom. The lowest BCUT2D eigenvalue weighted by atomic mass is 10.2. The molecule has 0 saturated heterocycles. The van der Waals surface area contributed by atoms with E-state index in [4.69, 9.17) is 18.7 Å². The van der Waals surface area contributed by atoms with Crippen molar-refractivity contribution in [1.82, 2.24) is 5.16 Å². The van der Waals surface area contributed by atoms with E-state index in [-0.39, 0.29) is 6.79 Å². The van der Waals surface area contributed by atoms with Gasteiger partial charge in [0.1, 0.15) is 18.1 Å². The van der Waals surface area contributed by atoms with Gasteiger partial charge in [-0.3, -0.25) is 0 Å². The van der Waals surface area contributed by atoms with Crippen molar-refractivity contribution in [2.24, 2.45) is 0 Å². The Balaban J connectivity index is 1.45. The second-order valence-electron chi connectivity index (χ2n) is 4.85. The minimum absolute atomic E-state index is 0.252. The SMILES string of the molecule is c1ccc(-c2cc(COc3ccc4c(c3)OCO4)no2)cc1. The second-order valence-corrected chi connectivity index (χ2v) is 4.85. The Morgan fingerprint density at radius 1 is 0.955 bits per heavy atom. The summed E-state index contributed by atoms with van der Waals surface area (Å²) in [5.74, 6) is 2.86. The van der Waals surface area contributed by atoms with Crippen LogP contribution in [-0.2, 0) is 6.61 Å². The lowest BCUT2D eigenvalue weighted by Crippen LogP contribution is -1.95. The van der Waals surface area contributed by atoms with Gasteiger partial charge in [0, 0.05) is 17.7 Å². The molecular weight excluding hydrogens is 282 g/mol. The summed E-state index contributed by atoms with van der Waals surface area (Å²) in [5.41, 5.74) is 1.72. The summed E-state index contributed by atoms with van der Waals surface area (Å²) < 4.78 is 21.6. The largest absolute Gasteiger partial charge is 0.487 e. The lowest BCUT2D eigenvalue weighted by Gasteiger charge is -2.04. The molecule has 2 heterocycles. The topological polar surface area (TPSA) is 53.7 Å². The first-order valence-corrected chi connectivity index (χ1v) is 6.92. The van der Waals surface area contributed by atoms with Gasteiger partial charge in [-0.15, -0.1) is 0 Å². The third-order valence-electron chi connectivity index (χ3n) is 3.35. The molecule has 0 unspecified atom stereocenters. The Bertz CT molecular complexity index is 782. The second kappa shape index (κ2) is 5.44. The Labute approximate surface area is 127 Å². The first-order valence-electron chi connectivity index (χ1n) is 6.92. The van der Waals surface area contributed by atoms with Gasteiger partial charge in [0.25, 0.3) is 0 Å². The molecule has 4 rings (SSSR count). The molecule has 0 bridgehead atoms. The van der Waals surface area contributed by atoms with E-state index in [0.717, 1.165) is 22.8 Å². The molecule has 0 spiro atoms. The number of hydrogen-bond donors (Lipinski definition) is 0. The van der Waals surface area contributed by atoms with E-state index in [2.05, 4.69) is 5.16 Å². The smallest absolute Gasteiger partial charge is 0.231 e. The molecule has 1 aromatic heterocycles. The number of hydrogen-bond acceptors (Lipinski definition) is 5. The fourth-order valence-electron chi connectivity index (χ4n) is 2.24. The van der Waals surface area contributed by atoms with Crippen molar-refractivity contribution in [2.75, 3.05) is 6.79 Å². The van der Waals surface area contributed by atoms with Crippen LogP contribution in [0.15, 0.2) is 59.1 Å². The van der Waals surface area contributed by atoms with Crippen molar-refractivity contribution >= 4 is 0 Å². The van der Waals surface area contributed by atoms with Crippen LogP contribution in [0.25, 0.3) is 11.3 Å². The predicted octanol–water partition coefficient (Wildman–Crippen LogP) is 3.65. The van der Waals surface area contributed by atoms with Gasteiger partial charge in [0.2, 0.25) is 6.79 Å². The number of aromatic nitrogens is 1.